The first-order valence-corrected chi connectivity index (χ1v) is 7.35. The van der Waals surface area contributed by atoms with Crippen molar-refractivity contribution in [3.8, 4) is 24.0 Å². The summed E-state index contributed by atoms with van der Waals surface area (Å²) in [4.78, 5) is 17.5. The summed E-state index contributed by atoms with van der Waals surface area (Å²) in [5.41, 5.74) is 1.55. The van der Waals surface area contributed by atoms with Crippen LogP contribution in [0.2, 0.25) is 0 Å². The first kappa shape index (κ1) is 14.1. The maximum Gasteiger partial charge on any atom is 0.305 e. The fourth-order valence-electron chi connectivity index (χ4n) is 2.63. The van der Waals surface area contributed by atoms with E-state index in [0.717, 1.165) is 5.39 Å². The van der Waals surface area contributed by atoms with Gasteiger partial charge in [0.15, 0.2) is 6.61 Å². The van der Waals surface area contributed by atoms with E-state index >= 15 is 0 Å². The molecule has 4 aromatic rings. The van der Waals surface area contributed by atoms with Gasteiger partial charge in [-0.3, -0.25) is 4.79 Å². The quantitative estimate of drug-likeness (QED) is 0.545. The highest BCUT2D eigenvalue weighted by molar-refractivity contribution is 6.02. The molecule has 2 aromatic carbocycles. The van der Waals surface area contributed by atoms with E-state index in [4.69, 9.17) is 15.6 Å². The molecule has 24 heavy (non-hydrogen) atoms. The van der Waals surface area contributed by atoms with E-state index in [9.17, 15) is 4.79 Å². The molecule has 4 rings (SSSR count). The average Bonchev–Trinajstić information content (AvgIpc) is 3.00. The molecular weight excluding hydrogens is 304 g/mol. The Balaban J connectivity index is 2.09. The van der Waals surface area contributed by atoms with Gasteiger partial charge in [-0.05, 0) is 24.3 Å². The fourth-order valence-corrected chi connectivity index (χ4v) is 2.63. The zero-order chi connectivity index (χ0) is 16.5. The molecule has 0 unspecified atom stereocenters. The normalized spacial score (nSPS) is 10.8. The standard InChI is InChI=1S/C19H12N2O3/c1-2-12-23-19-20-16-14-10-6-7-11-15(14)24-17(16)18(22)21(19)13-8-4-3-5-9-13/h1,3-11H,12H2. The van der Waals surface area contributed by atoms with E-state index in [1.807, 2.05) is 36.4 Å². The summed E-state index contributed by atoms with van der Waals surface area (Å²) in [6.45, 7) is 0.0144. The smallest absolute Gasteiger partial charge is 0.305 e. The largest absolute Gasteiger partial charge is 0.451 e. The second-order valence-corrected chi connectivity index (χ2v) is 5.14. The van der Waals surface area contributed by atoms with Crippen molar-refractivity contribution in [1.29, 1.82) is 0 Å². The van der Waals surface area contributed by atoms with Crippen molar-refractivity contribution in [3.63, 3.8) is 0 Å². The summed E-state index contributed by atoms with van der Waals surface area (Å²) in [6, 6.07) is 16.6. The topological polar surface area (TPSA) is 57.3 Å². The predicted molar refractivity (Wildman–Crippen MR) is 91.4 cm³/mol. The zero-order valence-electron chi connectivity index (χ0n) is 12.6. The Labute approximate surface area is 137 Å². The van der Waals surface area contributed by atoms with Gasteiger partial charge < -0.3 is 9.15 Å². The number of aromatic nitrogens is 2. The third kappa shape index (κ3) is 2.13. The number of benzene rings is 2. The molecule has 2 heterocycles. The van der Waals surface area contributed by atoms with Crippen molar-refractivity contribution >= 4 is 22.1 Å². The Hall–Kier alpha value is -3.52. The summed E-state index contributed by atoms with van der Waals surface area (Å²) >= 11 is 0. The van der Waals surface area contributed by atoms with Crippen LogP contribution in [-0.2, 0) is 0 Å². The van der Waals surface area contributed by atoms with Gasteiger partial charge in [0.05, 0.1) is 5.69 Å². The minimum Gasteiger partial charge on any atom is -0.451 e. The summed E-state index contributed by atoms with van der Waals surface area (Å²) < 4.78 is 12.6. The predicted octanol–water partition coefficient (Wildman–Crippen LogP) is 3.14. The summed E-state index contributed by atoms with van der Waals surface area (Å²) in [5, 5.41) is 0.760. The molecule has 2 aromatic heterocycles. The molecule has 0 saturated heterocycles. The van der Waals surface area contributed by atoms with Crippen molar-refractivity contribution in [1.82, 2.24) is 9.55 Å². The molecule has 0 radical (unpaired) electrons. The van der Waals surface area contributed by atoms with E-state index in [2.05, 4.69) is 10.9 Å². The SMILES string of the molecule is C#CCOc1nc2c(oc3ccccc32)c(=O)n1-c1ccccc1. The van der Waals surface area contributed by atoms with Crippen LogP contribution >= 0.6 is 0 Å². The lowest BCUT2D eigenvalue weighted by atomic mass is 10.2. The van der Waals surface area contributed by atoms with Crippen LogP contribution in [0.4, 0.5) is 0 Å². The number of ether oxygens (including phenoxy) is 1. The van der Waals surface area contributed by atoms with Crippen LogP contribution in [0.15, 0.2) is 63.8 Å². The van der Waals surface area contributed by atoms with Crippen LogP contribution in [0.1, 0.15) is 0 Å². The van der Waals surface area contributed by atoms with Crippen LogP contribution in [-0.4, -0.2) is 16.2 Å². The maximum atomic E-state index is 13.0. The second kappa shape index (κ2) is 5.60. The zero-order valence-corrected chi connectivity index (χ0v) is 12.6. The Morgan fingerprint density at radius 2 is 1.88 bits per heavy atom. The highest BCUT2D eigenvalue weighted by Crippen LogP contribution is 2.27. The van der Waals surface area contributed by atoms with E-state index in [0.29, 0.717) is 16.8 Å². The first-order valence-electron chi connectivity index (χ1n) is 7.35. The molecule has 0 aliphatic carbocycles. The molecular formula is C19H12N2O3. The van der Waals surface area contributed by atoms with Crippen molar-refractivity contribution in [2.75, 3.05) is 6.61 Å². The lowest BCUT2D eigenvalue weighted by molar-refractivity contribution is 0.329. The Morgan fingerprint density at radius 1 is 1.12 bits per heavy atom. The highest BCUT2D eigenvalue weighted by atomic mass is 16.5. The Kier molecular flexibility index (Phi) is 3.29. The van der Waals surface area contributed by atoms with Crippen molar-refractivity contribution in [2.24, 2.45) is 0 Å². The van der Waals surface area contributed by atoms with Gasteiger partial charge in [-0.25, -0.2) is 4.57 Å². The summed E-state index contributed by atoms with van der Waals surface area (Å²) in [5.74, 6) is 2.39. The number of para-hydroxylation sites is 2. The number of hydrogen-bond donors (Lipinski definition) is 0. The van der Waals surface area contributed by atoms with Crippen LogP contribution in [0.3, 0.4) is 0 Å². The fraction of sp³-hybridized carbons (Fsp3) is 0.0526. The lowest BCUT2D eigenvalue weighted by Crippen LogP contribution is -2.21. The molecule has 5 heteroatoms. The average molecular weight is 316 g/mol. The minimum absolute atomic E-state index is 0.0144. The van der Waals surface area contributed by atoms with Crippen LogP contribution in [0.5, 0.6) is 6.01 Å². The van der Waals surface area contributed by atoms with Gasteiger partial charge in [0, 0.05) is 5.39 Å². The first-order chi connectivity index (χ1) is 11.8. The lowest BCUT2D eigenvalue weighted by Gasteiger charge is -2.11. The van der Waals surface area contributed by atoms with E-state index in [1.54, 1.807) is 18.2 Å². The number of fused-ring (bicyclic) bond motifs is 3. The third-order valence-electron chi connectivity index (χ3n) is 3.66. The Bertz CT molecular complexity index is 1130. The molecule has 0 amide bonds. The second-order valence-electron chi connectivity index (χ2n) is 5.14. The molecule has 0 aliphatic rings. The molecule has 116 valence electrons. The van der Waals surface area contributed by atoms with Crippen LogP contribution in [0, 0.1) is 12.3 Å². The maximum absolute atomic E-state index is 13.0. The summed E-state index contributed by atoms with van der Waals surface area (Å²) in [6.07, 6.45) is 5.28. The van der Waals surface area contributed by atoms with Gasteiger partial charge in [0.2, 0.25) is 5.58 Å². The van der Waals surface area contributed by atoms with E-state index in [-0.39, 0.29) is 23.8 Å². The Morgan fingerprint density at radius 3 is 2.67 bits per heavy atom. The van der Waals surface area contributed by atoms with E-state index < -0.39 is 0 Å². The van der Waals surface area contributed by atoms with Crippen molar-refractivity contribution in [2.45, 2.75) is 0 Å². The molecule has 5 nitrogen and oxygen atoms in total. The number of furan rings is 1. The third-order valence-corrected chi connectivity index (χ3v) is 3.66. The molecule has 0 fully saturated rings. The molecule has 0 N–H and O–H groups in total. The minimum atomic E-state index is -0.338. The molecule has 0 spiro atoms. The van der Waals surface area contributed by atoms with Crippen molar-refractivity contribution < 1.29 is 9.15 Å². The van der Waals surface area contributed by atoms with Crippen LogP contribution in [0.25, 0.3) is 27.8 Å². The van der Waals surface area contributed by atoms with Gasteiger partial charge in [-0.1, -0.05) is 36.3 Å². The van der Waals surface area contributed by atoms with Gasteiger partial charge in [-0.2, -0.15) is 4.98 Å². The number of hydrogen-bond acceptors (Lipinski definition) is 4. The number of rotatable bonds is 3. The number of nitrogens with zero attached hydrogens (tertiary/aromatic N) is 2. The van der Waals surface area contributed by atoms with Gasteiger partial charge in [-0.15, -0.1) is 6.42 Å². The van der Waals surface area contributed by atoms with Crippen molar-refractivity contribution in [3.05, 3.63) is 65.0 Å². The molecule has 0 bridgehead atoms. The van der Waals surface area contributed by atoms with Gasteiger partial charge in [0.1, 0.15) is 11.1 Å². The highest BCUT2D eigenvalue weighted by Gasteiger charge is 2.19. The molecule has 0 saturated carbocycles. The summed E-state index contributed by atoms with van der Waals surface area (Å²) in [7, 11) is 0. The van der Waals surface area contributed by atoms with Gasteiger partial charge in [0.25, 0.3) is 0 Å². The van der Waals surface area contributed by atoms with E-state index in [1.165, 1.54) is 4.57 Å². The van der Waals surface area contributed by atoms with Gasteiger partial charge >= 0.3 is 11.6 Å². The molecule has 0 aliphatic heterocycles. The molecule has 0 atom stereocenters. The van der Waals surface area contributed by atoms with Crippen LogP contribution < -0.4 is 10.3 Å². The number of terminal acetylenes is 1. The monoisotopic (exact) mass is 316 g/mol.